The van der Waals surface area contributed by atoms with Crippen LogP contribution in [0.25, 0.3) is 0 Å². The Bertz CT molecular complexity index is 339. The van der Waals surface area contributed by atoms with Crippen LogP contribution in [-0.2, 0) is 14.3 Å². The average molecular weight is 261 g/mol. The molecule has 0 unspecified atom stereocenters. The Kier molecular flexibility index (Phi) is 4.19. The molecule has 0 radical (unpaired) electrons. The first-order valence-electron chi connectivity index (χ1n) is 5.93. The standard InChI is InChI=1S/C12H20FNO4/c1-11(2,3)18-10(16)14-7-5-6-12(13,8-14)9(15)17-4/h5-8H2,1-4H3/t12-/m0/s1. The summed E-state index contributed by atoms with van der Waals surface area (Å²) in [6.07, 6.45) is -0.128. The predicted octanol–water partition coefficient (Wildman–Crippen LogP) is 1.90. The first-order chi connectivity index (χ1) is 8.18. The van der Waals surface area contributed by atoms with Crippen molar-refractivity contribution < 1.29 is 23.5 Å². The number of hydrogen-bond donors (Lipinski definition) is 0. The van der Waals surface area contributed by atoms with Crippen LogP contribution in [0.4, 0.5) is 9.18 Å². The van der Waals surface area contributed by atoms with Gasteiger partial charge in [0.1, 0.15) is 5.60 Å². The number of rotatable bonds is 1. The number of methoxy groups -OCH3 is 1. The van der Waals surface area contributed by atoms with Crippen molar-refractivity contribution in [1.82, 2.24) is 4.90 Å². The first-order valence-corrected chi connectivity index (χ1v) is 5.93. The lowest BCUT2D eigenvalue weighted by Gasteiger charge is -2.36. The monoisotopic (exact) mass is 261 g/mol. The van der Waals surface area contributed by atoms with Crippen LogP contribution in [0, 0.1) is 0 Å². The number of likely N-dealkylation sites (tertiary alicyclic amines) is 1. The smallest absolute Gasteiger partial charge is 0.410 e. The van der Waals surface area contributed by atoms with Gasteiger partial charge in [-0.15, -0.1) is 0 Å². The van der Waals surface area contributed by atoms with E-state index in [4.69, 9.17) is 4.74 Å². The van der Waals surface area contributed by atoms with Gasteiger partial charge >= 0.3 is 12.1 Å². The third-order valence-corrected chi connectivity index (χ3v) is 2.65. The maximum atomic E-state index is 14.3. The SMILES string of the molecule is COC(=O)[C@]1(F)CCCN(C(=O)OC(C)(C)C)C1. The lowest BCUT2D eigenvalue weighted by atomic mass is 9.95. The van der Waals surface area contributed by atoms with Gasteiger partial charge in [-0.2, -0.15) is 0 Å². The van der Waals surface area contributed by atoms with Crippen molar-refractivity contribution in [2.45, 2.75) is 44.9 Å². The molecule has 0 aromatic heterocycles. The zero-order valence-electron chi connectivity index (χ0n) is 11.3. The molecule has 0 aromatic carbocycles. The van der Waals surface area contributed by atoms with E-state index in [9.17, 15) is 14.0 Å². The number of piperidine rings is 1. The molecule has 1 aliphatic rings. The quantitative estimate of drug-likeness (QED) is 0.676. The summed E-state index contributed by atoms with van der Waals surface area (Å²) in [5.74, 6) is -0.934. The highest BCUT2D eigenvalue weighted by molar-refractivity contribution is 5.81. The molecule has 104 valence electrons. The minimum atomic E-state index is -2.12. The van der Waals surface area contributed by atoms with E-state index in [-0.39, 0.29) is 13.0 Å². The number of esters is 1. The zero-order chi connectivity index (χ0) is 14.0. The van der Waals surface area contributed by atoms with E-state index in [0.717, 1.165) is 7.11 Å². The van der Waals surface area contributed by atoms with Crippen molar-refractivity contribution in [2.75, 3.05) is 20.2 Å². The van der Waals surface area contributed by atoms with Crippen LogP contribution >= 0.6 is 0 Å². The van der Waals surface area contributed by atoms with Gasteiger partial charge in [0.15, 0.2) is 0 Å². The second-order valence-electron chi connectivity index (χ2n) is 5.46. The van der Waals surface area contributed by atoms with Gasteiger partial charge in [-0.1, -0.05) is 0 Å². The predicted molar refractivity (Wildman–Crippen MR) is 62.9 cm³/mol. The van der Waals surface area contributed by atoms with E-state index in [2.05, 4.69) is 4.74 Å². The molecule has 1 aliphatic heterocycles. The Balaban J connectivity index is 2.69. The van der Waals surface area contributed by atoms with Gasteiger partial charge in [-0.25, -0.2) is 14.0 Å². The molecule has 0 aromatic rings. The maximum absolute atomic E-state index is 14.3. The molecule has 1 heterocycles. The molecule has 1 amide bonds. The number of amides is 1. The lowest BCUT2D eigenvalue weighted by Crippen LogP contribution is -2.53. The average Bonchev–Trinajstić information content (AvgIpc) is 2.25. The van der Waals surface area contributed by atoms with Crippen molar-refractivity contribution in [3.8, 4) is 0 Å². The van der Waals surface area contributed by atoms with E-state index >= 15 is 0 Å². The Labute approximate surface area is 106 Å². The minimum Gasteiger partial charge on any atom is -0.467 e. The van der Waals surface area contributed by atoms with Gasteiger partial charge in [0.2, 0.25) is 5.67 Å². The number of ether oxygens (including phenoxy) is 2. The fraction of sp³-hybridized carbons (Fsp3) is 0.833. The van der Waals surface area contributed by atoms with Gasteiger partial charge in [0.05, 0.1) is 13.7 Å². The first kappa shape index (κ1) is 14.7. The van der Waals surface area contributed by atoms with Crippen molar-refractivity contribution in [1.29, 1.82) is 0 Å². The Morgan fingerprint density at radius 3 is 2.44 bits per heavy atom. The molecule has 1 atom stereocenters. The fourth-order valence-electron chi connectivity index (χ4n) is 1.84. The van der Waals surface area contributed by atoms with Crippen LogP contribution in [0.3, 0.4) is 0 Å². The van der Waals surface area contributed by atoms with Crippen molar-refractivity contribution in [3.05, 3.63) is 0 Å². The third kappa shape index (κ3) is 3.58. The molecular formula is C12H20FNO4. The topological polar surface area (TPSA) is 55.8 Å². The molecule has 1 rings (SSSR count). The highest BCUT2D eigenvalue weighted by Crippen LogP contribution is 2.27. The van der Waals surface area contributed by atoms with Crippen molar-refractivity contribution in [2.24, 2.45) is 0 Å². The molecule has 0 N–H and O–H groups in total. The van der Waals surface area contributed by atoms with Crippen molar-refractivity contribution >= 4 is 12.1 Å². The van der Waals surface area contributed by atoms with Crippen LogP contribution in [0.1, 0.15) is 33.6 Å². The number of alkyl halides is 1. The molecule has 1 fully saturated rings. The number of hydrogen-bond acceptors (Lipinski definition) is 4. The Morgan fingerprint density at radius 1 is 1.33 bits per heavy atom. The molecule has 0 bridgehead atoms. The number of halogens is 1. The van der Waals surface area contributed by atoms with Gasteiger partial charge in [0, 0.05) is 6.54 Å². The molecule has 0 spiro atoms. The Hall–Kier alpha value is -1.33. The zero-order valence-corrected chi connectivity index (χ0v) is 11.3. The summed E-state index contributed by atoms with van der Waals surface area (Å²) in [5.41, 5.74) is -2.76. The summed E-state index contributed by atoms with van der Waals surface area (Å²) in [7, 11) is 1.14. The highest BCUT2D eigenvalue weighted by Gasteiger charge is 2.45. The summed E-state index contributed by atoms with van der Waals surface area (Å²) in [6.45, 7) is 5.28. The molecular weight excluding hydrogens is 241 g/mol. The summed E-state index contributed by atoms with van der Waals surface area (Å²) < 4.78 is 23.9. The summed E-state index contributed by atoms with van der Waals surface area (Å²) in [6, 6.07) is 0. The molecule has 1 saturated heterocycles. The van der Waals surface area contributed by atoms with E-state index in [1.165, 1.54) is 4.90 Å². The minimum absolute atomic E-state index is 0.0684. The second kappa shape index (κ2) is 5.12. The fourth-order valence-corrected chi connectivity index (χ4v) is 1.84. The molecule has 0 saturated carbocycles. The van der Waals surface area contributed by atoms with Crippen molar-refractivity contribution in [3.63, 3.8) is 0 Å². The van der Waals surface area contributed by atoms with Crippen LogP contribution < -0.4 is 0 Å². The maximum Gasteiger partial charge on any atom is 0.410 e. The van der Waals surface area contributed by atoms with Crippen LogP contribution in [0.5, 0.6) is 0 Å². The van der Waals surface area contributed by atoms with Gasteiger partial charge in [-0.3, -0.25) is 0 Å². The Morgan fingerprint density at radius 2 is 1.94 bits per heavy atom. The summed E-state index contributed by atoms with van der Waals surface area (Å²) in [5, 5.41) is 0. The summed E-state index contributed by atoms with van der Waals surface area (Å²) in [4.78, 5) is 24.4. The largest absolute Gasteiger partial charge is 0.467 e. The van der Waals surface area contributed by atoms with E-state index < -0.39 is 23.3 Å². The molecule has 6 heteroatoms. The number of carbonyl (C=O) groups is 2. The summed E-state index contributed by atoms with van der Waals surface area (Å²) >= 11 is 0. The molecule has 5 nitrogen and oxygen atoms in total. The highest BCUT2D eigenvalue weighted by atomic mass is 19.1. The van der Waals surface area contributed by atoms with E-state index in [0.29, 0.717) is 13.0 Å². The second-order valence-corrected chi connectivity index (χ2v) is 5.46. The molecule has 18 heavy (non-hydrogen) atoms. The third-order valence-electron chi connectivity index (χ3n) is 2.65. The molecule has 0 aliphatic carbocycles. The number of nitrogens with zero attached hydrogens (tertiary/aromatic N) is 1. The van der Waals surface area contributed by atoms with Crippen LogP contribution in [0.2, 0.25) is 0 Å². The van der Waals surface area contributed by atoms with E-state index in [1.54, 1.807) is 20.8 Å². The van der Waals surface area contributed by atoms with Gasteiger partial charge < -0.3 is 14.4 Å². The number of carbonyl (C=O) groups excluding carboxylic acids is 2. The normalized spacial score (nSPS) is 24.6. The van der Waals surface area contributed by atoms with Crippen LogP contribution in [0.15, 0.2) is 0 Å². The van der Waals surface area contributed by atoms with Gasteiger partial charge in [-0.05, 0) is 33.6 Å². The van der Waals surface area contributed by atoms with Crippen LogP contribution in [-0.4, -0.2) is 48.4 Å². The van der Waals surface area contributed by atoms with E-state index in [1.807, 2.05) is 0 Å². The van der Waals surface area contributed by atoms with Gasteiger partial charge in [0.25, 0.3) is 0 Å². The lowest BCUT2D eigenvalue weighted by molar-refractivity contribution is -0.158.